The van der Waals surface area contributed by atoms with Crippen molar-refractivity contribution in [2.24, 2.45) is 11.7 Å². The Bertz CT molecular complexity index is 551. The topological polar surface area (TPSA) is 46.3 Å². The number of nitrogens with two attached hydrogens (primary N) is 1. The first-order valence-electron chi connectivity index (χ1n) is 6.89. The Balaban J connectivity index is 2.13. The minimum absolute atomic E-state index is 0.103. The Kier molecular flexibility index (Phi) is 4.75. The number of rotatable bonds is 1. The van der Waals surface area contributed by atoms with Crippen LogP contribution in [-0.2, 0) is 0 Å². The summed E-state index contributed by atoms with van der Waals surface area (Å²) in [4.78, 5) is 14.1. The van der Waals surface area contributed by atoms with E-state index in [1.165, 1.54) is 12.1 Å². The van der Waals surface area contributed by atoms with E-state index in [1.54, 1.807) is 11.0 Å². The van der Waals surface area contributed by atoms with Crippen LogP contribution in [0, 0.1) is 23.6 Å². The fourth-order valence-corrected chi connectivity index (χ4v) is 2.29. The fraction of sp³-hybridized carbons (Fsp3) is 0.438. The lowest BCUT2D eigenvalue weighted by atomic mass is 9.98. The molecule has 0 spiro atoms. The van der Waals surface area contributed by atoms with Crippen LogP contribution in [0.1, 0.15) is 35.7 Å². The monoisotopic (exact) mass is 274 g/mol. The van der Waals surface area contributed by atoms with Crippen molar-refractivity contribution < 1.29 is 9.18 Å². The summed E-state index contributed by atoms with van der Waals surface area (Å²) < 4.78 is 13.8. The smallest absolute Gasteiger partial charge is 0.253 e. The normalized spacial score (nSPS) is 15.7. The molecule has 0 aliphatic carbocycles. The highest BCUT2D eigenvalue weighted by Crippen LogP contribution is 2.19. The number of likely N-dealkylation sites (tertiary alicyclic amines) is 1. The molecular formula is C16H19FN2O. The van der Waals surface area contributed by atoms with Gasteiger partial charge in [-0.3, -0.25) is 4.79 Å². The summed E-state index contributed by atoms with van der Waals surface area (Å²) in [5.41, 5.74) is 5.92. The van der Waals surface area contributed by atoms with Crippen molar-refractivity contribution in [1.29, 1.82) is 0 Å². The van der Waals surface area contributed by atoms with Gasteiger partial charge in [0.25, 0.3) is 5.91 Å². The van der Waals surface area contributed by atoms with Gasteiger partial charge in [0.1, 0.15) is 5.82 Å². The van der Waals surface area contributed by atoms with Gasteiger partial charge < -0.3 is 10.6 Å². The van der Waals surface area contributed by atoms with Crippen LogP contribution in [0.4, 0.5) is 4.39 Å². The molecule has 20 heavy (non-hydrogen) atoms. The van der Waals surface area contributed by atoms with Crippen LogP contribution in [0.5, 0.6) is 0 Å². The predicted octanol–water partition coefficient (Wildman–Crippen LogP) is 2.01. The summed E-state index contributed by atoms with van der Waals surface area (Å²) in [5.74, 6) is 5.34. The maximum atomic E-state index is 13.8. The van der Waals surface area contributed by atoms with E-state index in [0.29, 0.717) is 11.5 Å². The van der Waals surface area contributed by atoms with E-state index in [4.69, 9.17) is 5.73 Å². The van der Waals surface area contributed by atoms with Gasteiger partial charge in [0, 0.05) is 18.7 Å². The highest BCUT2D eigenvalue weighted by molar-refractivity contribution is 5.94. The molecule has 1 amide bonds. The summed E-state index contributed by atoms with van der Waals surface area (Å²) >= 11 is 0. The number of hydrogen-bond acceptors (Lipinski definition) is 2. The van der Waals surface area contributed by atoms with Crippen molar-refractivity contribution in [3.8, 4) is 11.8 Å². The van der Waals surface area contributed by atoms with Crippen LogP contribution in [0.2, 0.25) is 0 Å². The van der Waals surface area contributed by atoms with Gasteiger partial charge >= 0.3 is 0 Å². The van der Waals surface area contributed by atoms with Gasteiger partial charge in [0.2, 0.25) is 0 Å². The standard InChI is InChI=1S/C16H19FN2O/c1-12-6-9-19(10-7-12)16(20)14-5-4-13(3-2-8-18)15(17)11-14/h4-5,11-12H,6-10,18H2,1H3. The zero-order valence-corrected chi connectivity index (χ0v) is 11.7. The third kappa shape index (κ3) is 3.37. The largest absolute Gasteiger partial charge is 0.339 e. The highest BCUT2D eigenvalue weighted by Gasteiger charge is 2.21. The molecule has 4 heteroatoms. The van der Waals surface area contributed by atoms with Crippen LogP contribution in [0.3, 0.4) is 0 Å². The minimum Gasteiger partial charge on any atom is -0.339 e. The number of nitrogens with zero attached hydrogens (tertiary/aromatic N) is 1. The Hall–Kier alpha value is -1.86. The number of carbonyl (C=O) groups excluding carboxylic acids is 1. The number of halogens is 1. The van der Waals surface area contributed by atoms with E-state index in [1.807, 2.05) is 0 Å². The molecule has 1 aromatic rings. The molecule has 1 aromatic carbocycles. The number of benzene rings is 1. The molecule has 0 atom stereocenters. The molecule has 1 saturated heterocycles. The third-order valence-corrected chi connectivity index (χ3v) is 3.61. The zero-order valence-electron chi connectivity index (χ0n) is 11.7. The molecule has 3 nitrogen and oxygen atoms in total. The van der Waals surface area contributed by atoms with Crippen LogP contribution in [-0.4, -0.2) is 30.4 Å². The summed E-state index contributed by atoms with van der Waals surface area (Å²) in [7, 11) is 0. The molecular weight excluding hydrogens is 255 g/mol. The molecule has 1 fully saturated rings. The first-order chi connectivity index (χ1) is 9.61. The minimum atomic E-state index is -0.470. The maximum Gasteiger partial charge on any atom is 0.253 e. The van der Waals surface area contributed by atoms with Crippen molar-refractivity contribution in [3.63, 3.8) is 0 Å². The van der Waals surface area contributed by atoms with Gasteiger partial charge in [-0.1, -0.05) is 18.8 Å². The molecule has 0 radical (unpaired) electrons. The highest BCUT2D eigenvalue weighted by atomic mass is 19.1. The molecule has 0 aromatic heterocycles. The van der Waals surface area contributed by atoms with Crippen molar-refractivity contribution in [1.82, 2.24) is 4.90 Å². The van der Waals surface area contributed by atoms with Gasteiger partial charge in [-0.15, -0.1) is 0 Å². The number of amides is 1. The summed E-state index contributed by atoms with van der Waals surface area (Å²) in [6.45, 7) is 3.87. The molecule has 1 aliphatic heterocycles. The first kappa shape index (κ1) is 14.5. The van der Waals surface area contributed by atoms with E-state index < -0.39 is 5.82 Å². The van der Waals surface area contributed by atoms with E-state index in [2.05, 4.69) is 18.8 Å². The molecule has 2 N–H and O–H groups in total. The zero-order chi connectivity index (χ0) is 14.5. The molecule has 106 valence electrons. The van der Waals surface area contributed by atoms with E-state index in [0.717, 1.165) is 25.9 Å². The van der Waals surface area contributed by atoms with Gasteiger partial charge in [0.15, 0.2) is 0 Å². The Morgan fingerprint density at radius 2 is 2.15 bits per heavy atom. The van der Waals surface area contributed by atoms with Crippen LogP contribution >= 0.6 is 0 Å². The molecule has 0 unspecified atom stereocenters. The number of carbonyl (C=O) groups is 1. The second kappa shape index (κ2) is 6.53. The molecule has 2 rings (SSSR count). The molecule has 0 saturated carbocycles. The van der Waals surface area contributed by atoms with Crippen LogP contribution < -0.4 is 5.73 Å². The van der Waals surface area contributed by atoms with Gasteiger partial charge in [0.05, 0.1) is 12.1 Å². The van der Waals surface area contributed by atoms with E-state index in [9.17, 15) is 9.18 Å². The van der Waals surface area contributed by atoms with Gasteiger partial charge in [-0.25, -0.2) is 4.39 Å². The van der Waals surface area contributed by atoms with E-state index in [-0.39, 0.29) is 18.0 Å². The maximum absolute atomic E-state index is 13.8. The van der Waals surface area contributed by atoms with Gasteiger partial charge in [-0.2, -0.15) is 0 Å². The van der Waals surface area contributed by atoms with Gasteiger partial charge in [-0.05, 0) is 37.0 Å². The quantitative estimate of drug-likeness (QED) is 0.796. The summed E-state index contributed by atoms with van der Waals surface area (Å²) in [5, 5.41) is 0. The first-order valence-corrected chi connectivity index (χ1v) is 6.89. The van der Waals surface area contributed by atoms with Crippen molar-refractivity contribution >= 4 is 5.91 Å². The lowest BCUT2D eigenvalue weighted by molar-refractivity contribution is 0.0696. The lowest BCUT2D eigenvalue weighted by Crippen LogP contribution is -2.37. The van der Waals surface area contributed by atoms with E-state index >= 15 is 0 Å². The predicted molar refractivity (Wildman–Crippen MR) is 76.6 cm³/mol. The van der Waals surface area contributed by atoms with Crippen molar-refractivity contribution in [2.45, 2.75) is 19.8 Å². The summed E-state index contributed by atoms with van der Waals surface area (Å²) in [6.07, 6.45) is 2.02. The molecule has 1 heterocycles. The Morgan fingerprint density at radius 3 is 2.75 bits per heavy atom. The Morgan fingerprint density at radius 1 is 1.45 bits per heavy atom. The lowest BCUT2D eigenvalue weighted by Gasteiger charge is -2.30. The second-order valence-electron chi connectivity index (χ2n) is 5.18. The van der Waals surface area contributed by atoms with Crippen LogP contribution in [0.15, 0.2) is 18.2 Å². The second-order valence-corrected chi connectivity index (χ2v) is 5.18. The fourth-order valence-electron chi connectivity index (χ4n) is 2.29. The number of piperidine rings is 1. The average molecular weight is 274 g/mol. The van der Waals surface area contributed by atoms with Crippen LogP contribution in [0.25, 0.3) is 0 Å². The molecule has 1 aliphatic rings. The average Bonchev–Trinajstić information content (AvgIpc) is 2.46. The van der Waals surface area contributed by atoms with Crippen molar-refractivity contribution in [2.75, 3.05) is 19.6 Å². The third-order valence-electron chi connectivity index (χ3n) is 3.61. The SMILES string of the molecule is CC1CCN(C(=O)c2ccc(C#CCN)c(F)c2)CC1. The Labute approximate surface area is 119 Å². The van der Waals surface area contributed by atoms with Crippen molar-refractivity contribution in [3.05, 3.63) is 35.1 Å². The summed E-state index contributed by atoms with van der Waals surface area (Å²) in [6, 6.07) is 4.43. The number of hydrogen-bond donors (Lipinski definition) is 1. The molecule has 0 bridgehead atoms.